The Morgan fingerprint density at radius 2 is 2.40 bits per heavy atom. The predicted octanol–water partition coefficient (Wildman–Crippen LogP) is 0.975. The lowest BCUT2D eigenvalue weighted by atomic mass is 10.4. The van der Waals surface area contributed by atoms with Crippen LogP contribution in [0.5, 0.6) is 0 Å². The van der Waals surface area contributed by atoms with E-state index in [2.05, 4.69) is 9.88 Å². The molecule has 0 saturated heterocycles. The van der Waals surface area contributed by atoms with Gasteiger partial charge in [0.2, 0.25) is 5.88 Å². The summed E-state index contributed by atoms with van der Waals surface area (Å²) >= 11 is 0. The largest absolute Gasteiger partial charge is 0.425 e. The molecule has 0 aromatic carbocycles. The Bertz CT molecular complexity index is 254. The fourth-order valence-corrected chi connectivity index (χ4v) is 1.30. The van der Waals surface area contributed by atoms with Crippen molar-refractivity contribution in [1.82, 2.24) is 4.98 Å². The average molecular weight is 138 g/mol. The van der Waals surface area contributed by atoms with E-state index in [1.807, 2.05) is 14.0 Å². The molecular weight excluding hydrogens is 128 g/mol. The van der Waals surface area contributed by atoms with Crippen molar-refractivity contribution >= 4 is 5.88 Å². The number of nitrogens with zero attached hydrogens (tertiary/aromatic N) is 2. The highest BCUT2D eigenvalue weighted by molar-refractivity contribution is 5.45. The van der Waals surface area contributed by atoms with Gasteiger partial charge in [-0.15, -0.1) is 0 Å². The fraction of sp³-hybridized carbons (Fsp3) is 0.571. The fourth-order valence-electron chi connectivity index (χ4n) is 1.30. The van der Waals surface area contributed by atoms with E-state index < -0.39 is 0 Å². The Morgan fingerprint density at radius 1 is 1.60 bits per heavy atom. The summed E-state index contributed by atoms with van der Waals surface area (Å²) in [7, 11) is 2.02. The average Bonchev–Trinajstić information content (AvgIpc) is 2.35. The van der Waals surface area contributed by atoms with Gasteiger partial charge in [-0.1, -0.05) is 0 Å². The van der Waals surface area contributed by atoms with Crippen molar-refractivity contribution in [2.24, 2.45) is 0 Å². The molecule has 1 aromatic rings. The molecule has 0 radical (unpaired) electrons. The number of oxazole rings is 1. The zero-order valence-electron chi connectivity index (χ0n) is 6.22. The molecule has 0 aliphatic carbocycles. The summed E-state index contributed by atoms with van der Waals surface area (Å²) in [5.74, 6) is 1.73. The van der Waals surface area contributed by atoms with Crippen LogP contribution in [0, 0.1) is 6.92 Å². The number of hydrogen-bond donors (Lipinski definition) is 0. The maximum atomic E-state index is 5.35. The molecule has 1 aromatic heterocycles. The van der Waals surface area contributed by atoms with Gasteiger partial charge in [-0.25, -0.2) is 4.98 Å². The number of fused-ring (bicyclic) bond motifs is 1. The Morgan fingerprint density at radius 3 is 3.10 bits per heavy atom. The quantitative estimate of drug-likeness (QED) is 0.535. The second-order valence-corrected chi connectivity index (χ2v) is 2.66. The monoisotopic (exact) mass is 138 g/mol. The van der Waals surface area contributed by atoms with E-state index >= 15 is 0 Å². The van der Waals surface area contributed by atoms with Gasteiger partial charge in [0.25, 0.3) is 0 Å². The first kappa shape index (κ1) is 5.77. The summed E-state index contributed by atoms with van der Waals surface area (Å²) in [5, 5.41) is 0. The number of anilines is 1. The highest BCUT2D eigenvalue weighted by Gasteiger charge is 2.21. The first-order valence-electron chi connectivity index (χ1n) is 3.45. The van der Waals surface area contributed by atoms with Gasteiger partial charge in [0, 0.05) is 26.9 Å². The highest BCUT2D eigenvalue weighted by Crippen LogP contribution is 2.26. The third kappa shape index (κ3) is 0.632. The minimum Gasteiger partial charge on any atom is -0.425 e. The van der Waals surface area contributed by atoms with Crippen LogP contribution < -0.4 is 4.90 Å². The van der Waals surface area contributed by atoms with Crippen molar-refractivity contribution in [1.29, 1.82) is 0 Å². The van der Waals surface area contributed by atoms with Gasteiger partial charge in [-0.05, 0) is 0 Å². The summed E-state index contributed by atoms with van der Waals surface area (Å²) in [6.07, 6.45) is 1.03. The van der Waals surface area contributed by atoms with Crippen LogP contribution in [-0.2, 0) is 6.42 Å². The summed E-state index contributed by atoms with van der Waals surface area (Å²) in [5.41, 5.74) is 1.11. The first-order chi connectivity index (χ1) is 4.77. The van der Waals surface area contributed by atoms with Gasteiger partial charge >= 0.3 is 0 Å². The van der Waals surface area contributed by atoms with Gasteiger partial charge in [0.15, 0.2) is 5.89 Å². The summed E-state index contributed by atoms with van der Waals surface area (Å²) < 4.78 is 5.35. The van der Waals surface area contributed by atoms with Gasteiger partial charge in [0.1, 0.15) is 5.69 Å². The molecule has 2 heterocycles. The molecule has 0 spiro atoms. The number of aromatic nitrogens is 1. The van der Waals surface area contributed by atoms with Gasteiger partial charge in [-0.3, -0.25) is 0 Å². The van der Waals surface area contributed by atoms with Gasteiger partial charge in [-0.2, -0.15) is 0 Å². The van der Waals surface area contributed by atoms with E-state index in [9.17, 15) is 0 Å². The number of aryl methyl sites for hydroxylation is 1. The SMILES string of the molecule is Cc1nc2c(o1)N(C)CC2. The van der Waals surface area contributed by atoms with Crippen LogP contribution in [0.4, 0.5) is 5.88 Å². The molecule has 0 fully saturated rings. The lowest BCUT2D eigenvalue weighted by Gasteiger charge is -2.05. The van der Waals surface area contributed by atoms with Gasteiger partial charge in [0.05, 0.1) is 0 Å². The molecule has 2 rings (SSSR count). The van der Waals surface area contributed by atoms with Crippen LogP contribution in [0.25, 0.3) is 0 Å². The second-order valence-electron chi connectivity index (χ2n) is 2.66. The normalized spacial score (nSPS) is 16.0. The van der Waals surface area contributed by atoms with Crippen LogP contribution in [0.3, 0.4) is 0 Å². The molecule has 10 heavy (non-hydrogen) atoms. The van der Waals surface area contributed by atoms with Crippen molar-refractivity contribution in [2.75, 3.05) is 18.5 Å². The van der Waals surface area contributed by atoms with Crippen LogP contribution in [0.1, 0.15) is 11.6 Å². The summed E-state index contributed by atoms with van der Waals surface area (Å²) in [6, 6.07) is 0. The van der Waals surface area contributed by atoms with Crippen molar-refractivity contribution in [3.05, 3.63) is 11.6 Å². The van der Waals surface area contributed by atoms with E-state index in [1.54, 1.807) is 0 Å². The number of likely N-dealkylation sites (N-methyl/N-ethyl adjacent to an activating group) is 1. The van der Waals surface area contributed by atoms with Gasteiger partial charge < -0.3 is 9.32 Å². The minimum atomic E-state index is 0.775. The Balaban J connectivity index is 2.49. The topological polar surface area (TPSA) is 29.3 Å². The van der Waals surface area contributed by atoms with Crippen molar-refractivity contribution in [3.63, 3.8) is 0 Å². The lowest BCUT2D eigenvalue weighted by molar-refractivity contribution is 0.519. The smallest absolute Gasteiger partial charge is 0.219 e. The minimum absolute atomic E-state index is 0.775. The van der Waals surface area contributed by atoms with Crippen LogP contribution >= 0.6 is 0 Å². The molecule has 0 N–H and O–H groups in total. The predicted molar refractivity (Wildman–Crippen MR) is 38.2 cm³/mol. The maximum Gasteiger partial charge on any atom is 0.219 e. The first-order valence-corrected chi connectivity index (χ1v) is 3.45. The van der Waals surface area contributed by atoms with E-state index in [1.165, 1.54) is 0 Å². The molecule has 3 heteroatoms. The van der Waals surface area contributed by atoms with Crippen LogP contribution in [-0.4, -0.2) is 18.6 Å². The summed E-state index contributed by atoms with van der Waals surface area (Å²) in [6.45, 7) is 2.92. The standard InChI is InChI=1S/C7H10N2O/c1-5-8-6-3-4-9(2)7(6)10-5/h3-4H2,1-2H3. The molecule has 1 aliphatic rings. The van der Waals surface area contributed by atoms with Crippen molar-refractivity contribution < 1.29 is 4.42 Å². The maximum absolute atomic E-state index is 5.35. The third-order valence-electron chi connectivity index (χ3n) is 1.81. The molecule has 1 aliphatic heterocycles. The van der Waals surface area contributed by atoms with Crippen molar-refractivity contribution in [2.45, 2.75) is 13.3 Å². The molecule has 54 valence electrons. The molecule has 0 saturated carbocycles. The molecule has 0 unspecified atom stereocenters. The molecule has 0 amide bonds. The van der Waals surface area contributed by atoms with Crippen LogP contribution in [0.15, 0.2) is 4.42 Å². The molecule has 0 atom stereocenters. The molecular formula is C7H10N2O. The third-order valence-corrected chi connectivity index (χ3v) is 1.81. The van der Waals surface area contributed by atoms with E-state index in [0.29, 0.717) is 0 Å². The highest BCUT2D eigenvalue weighted by atomic mass is 16.4. The van der Waals surface area contributed by atoms with E-state index in [-0.39, 0.29) is 0 Å². The molecule has 3 nitrogen and oxygen atoms in total. The van der Waals surface area contributed by atoms with Crippen molar-refractivity contribution in [3.8, 4) is 0 Å². The van der Waals surface area contributed by atoms with E-state index in [4.69, 9.17) is 4.42 Å². The Hall–Kier alpha value is -0.990. The number of hydrogen-bond acceptors (Lipinski definition) is 3. The molecule has 0 bridgehead atoms. The van der Waals surface area contributed by atoms with Crippen LogP contribution in [0.2, 0.25) is 0 Å². The zero-order valence-corrected chi connectivity index (χ0v) is 6.22. The summed E-state index contributed by atoms with van der Waals surface area (Å²) in [4.78, 5) is 6.33. The number of rotatable bonds is 0. The second kappa shape index (κ2) is 1.75. The lowest BCUT2D eigenvalue weighted by Crippen LogP contribution is -2.12. The Labute approximate surface area is 59.7 Å². The Kier molecular flexibility index (Phi) is 1.01. The van der Waals surface area contributed by atoms with E-state index in [0.717, 1.165) is 30.4 Å². The zero-order chi connectivity index (χ0) is 7.14.